The smallest absolute Gasteiger partial charge is 0.0856 e. The maximum atomic E-state index is 4.08. The summed E-state index contributed by atoms with van der Waals surface area (Å²) in [6, 6.07) is 17.5. The summed E-state index contributed by atoms with van der Waals surface area (Å²) >= 11 is 0. The molecular formula is C14H12N2. The number of rotatable bonds is 2. The van der Waals surface area contributed by atoms with Gasteiger partial charge in [-0.3, -0.25) is 0 Å². The van der Waals surface area contributed by atoms with Crippen molar-refractivity contribution in [2.45, 2.75) is 0 Å². The second-order valence-electron chi connectivity index (χ2n) is 3.42. The molecule has 0 aliphatic heterocycles. The molecular weight excluding hydrogens is 196 g/mol. The summed E-state index contributed by atoms with van der Waals surface area (Å²) in [6.07, 6.45) is 1.73. The molecule has 2 aromatic rings. The standard InChI is InChI=1S/C14H12N2/c1-12-7-9-13(10-8-12)11-15-16-14-5-3-2-4-6-14/h2-11H,1H2. The first-order valence-electron chi connectivity index (χ1n) is 5.06. The van der Waals surface area contributed by atoms with Crippen molar-refractivity contribution in [3.63, 3.8) is 0 Å². The van der Waals surface area contributed by atoms with Crippen LogP contribution in [0.15, 0.2) is 64.8 Å². The highest BCUT2D eigenvalue weighted by Gasteiger charge is 1.82. The van der Waals surface area contributed by atoms with Crippen LogP contribution in [0.25, 0.3) is 12.8 Å². The van der Waals surface area contributed by atoms with Gasteiger partial charge in [0.2, 0.25) is 0 Å². The molecule has 0 unspecified atom stereocenters. The molecule has 0 amide bonds. The SMILES string of the molecule is C=c1ccc(=CN=Nc2ccccc2)cc1. The quantitative estimate of drug-likeness (QED) is 0.678. The van der Waals surface area contributed by atoms with Crippen LogP contribution in [0.2, 0.25) is 0 Å². The van der Waals surface area contributed by atoms with Gasteiger partial charge in [0.15, 0.2) is 0 Å². The van der Waals surface area contributed by atoms with Gasteiger partial charge >= 0.3 is 0 Å². The van der Waals surface area contributed by atoms with Crippen molar-refractivity contribution >= 4 is 18.5 Å². The van der Waals surface area contributed by atoms with E-state index in [4.69, 9.17) is 0 Å². The molecule has 16 heavy (non-hydrogen) atoms. The Bertz CT molecular complexity index is 562. The summed E-state index contributed by atoms with van der Waals surface area (Å²) in [7, 11) is 0. The first-order valence-corrected chi connectivity index (χ1v) is 5.06. The van der Waals surface area contributed by atoms with Crippen LogP contribution in [-0.4, -0.2) is 0 Å². The number of nitrogens with zero attached hydrogens (tertiary/aromatic N) is 2. The van der Waals surface area contributed by atoms with Crippen molar-refractivity contribution in [3.05, 3.63) is 65.0 Å². The van der Waals surface area contributed by atoms with Crippen LogP contribution in [0, 0.1) is 0 Å². The highest BCUT2D eigenvalue weighted by Crippen LogP contribution is 2.09. The van der Waals surface area contributed by atoms with Gasteiger partial charge < -0.3 is 0 Å². The van der Waals surface area contributed by atoms with E-state index < -0.39 is 0 Å². The van der Waals surface area contributed by atoms with E-state index in [0.717, 1.165) is 16.1 Å². The third-order valence-corrected chi connectivity index (χ3v) is 2.12. The first kappa shape index (κ1) is 10.3. The van der Waals surface area contributed by atoms with Gasteiger partial charge in [0.05, 0.1) is 11.9 Å². The molecule has 0 radical (unpaired) electrons. The molecule has 0 spiro atoms. The molecule has 0 bridgehead atoms. The number of azo groups is 1. The third-order valence-electron chi connectivity index (χ3n) is 2.12. The van der Waals surface area contributed by atoms with Gasteiger partial charge in [0.25, 0.3) is 0 Å². The molecule has 0 N–H and O–H groups in total. The summed E-state index contributed by atoms with van der Waals surface area (Å²) in [4.78, 5) is 0. The van der Waals surface area contributed by atoms with E-state index in [1.54, 1.807) is 6.20 Å². The highest BCUT2D eigenvalue weighted by molar-refractivity contribution is 5.35. The molecule has 2 heteroatoms. The van der Waals surface area contributed by atoms with Crippen LogP contribution < -0.4 is 10.4 Å². The van der Waals surface area contributed by atoms with Gasteiger partial charge in [-0.05, 0) is 22.6 Å². The van der Waals surface area contributed by atoms with E-state index in [-0.39, 0.29) is 0 Å². The molecule has 0 heterocycles. The van der Waals surface area contributed by atoms with Crippen molar-refractivity contribution in [1.82, 2.24) is 0 Å². The van der Waals surface area contributed by atoms with Crippen LogP contribution in [0.5, 0.6) is 0 Å². The third kappa shape index (κ3) is 2.89. The molecule has 0 aromatic heterocycles. The average Bonchev–Trinajstić information content (AvgIpc) is 2.33. The van der Waals surface area contributed by atoms with Crippen molar-refractivity contribution in [1.29, 1.82) is 0 Å². The first-order chi connectivity index (χ1) is 7.84. The second kappa shape index (κ2) is 5.03. The summed E-state index contributed by atoms with van der Waals surface area (Å²) in [5.74, 6) is 0. The Hall–Kier alpha value is -2.22. The number of hydrogen-bond donors (Lipinski definition) is 0. The fourth-order valence-electron chi connectivity index (χ4n) is 1.26. The van der Waals surface area contributed by atoms with Crippen molar-refractivity contribution < 1.29 is 0 Å². The fourth-order valence-corrected chi connectivity index (χ4v) is 1.26. The highest BCUT2D eigenvalue weighted by atomic mass is 15.1. The van der Waals surface area contributed by atoms with E-state index in [1.807, 2.05) is 54.6 Å². The zero-order chi connectivity index (χ0) is 11.2. The zero-order valence-corrected chi connectivity index (χ0v) is 8.88. The second-order valence-corrected chi connectivity index (χ2v) is 3.42. The van der Waals surface area contributed by atoms with Crippen molar-refractivity contribution in [2.24, 2.45) is 10.2 Å². The van der Waals surface area contributed by atoms with E-state index in [2.05, 4.69) is 16.8 Å². The van der Waals surface area contributed by atoms with Gasteiger partial charge in [-0.2, -0.15) is 10.2 Å². The maximum absolute atomic E-state index is 4.08. The van der Waals surface area contributed by atoms with Crippen LogP contribution in [0.4, 0.5) is 5.69 Å². The summed E-state index contributed by atoms with van der Waals surface area (Å²) in [5.41, 5.74) is 0.854. The topological polar surface area (TPSA) is 24.7 Å². The molecule has 78 valence electrons. The fraction of sp³-hybridized carbons (Fsp3) is 0. The van der Waals surface area contributed by atoms with Crippen LogP contribution in [0.3, 0.4) is 0 Å². The van der Waals surface area contributed by atoms with Gasteiger partial charge in [0, 0.05) is 0 Å². The summed E-state index contributed by atoms with van der Waals surface area (Å²) in [5, 5.41) is 10.1. The van der Waals surface area contributed by atoms with E-state index in [0.29, 0.717) is 0 Å². The van der Waals surface area contributed by atoms with Crippen LogP contribution >= 0.6 is 0 Å². The van der Waals surface area contributed by atoms with Crippen LogP contribution in [0.1, 0.15) is 0 Å². The Morgan fingerprint density at radius 1 is 0.875 bits per heavy atom. The number of hydrogen-bond acceptors (Lipinski definition) is 2. The Morgan fingerprint density at radius 3 is 2.25 bits per heavy atom. The monoisotopic (exact) mass is 208 g/mol. The molecule has 0 fully saturated rings. The molecule has 0 atom stereocenters. The Kier molecular flexibility index (Phi) is 3.24. The Morgan fingerprint density at radius 2 is 1.56 bits per heavy atom. The van der Waals surface area contributed by atoms with E-state index >= 15 is 0 Å². The molecule has 0 saturated carbocycles. The zero-order valence-electron chi connectivity index (χ0n) is 8.88. The van der Waals surface area contributed by atoms with Gasteiger partial charge in [0.1, 0.15) is 0 Å². The van der Waals surface area contributed by atoms with Gasteiger partial charge in [-0.15, -0.1) is 0 Å². The summed E-state index contributed by atoms with van der Waals surface area (Å²) in [6.45, 7) is 3.82. The van der Waals surface area contributed by atoms with E-state index in [9.17, 15) is 0 Å². The minimum atomic E-state index is 0.854. The van der Waals surface area contributed by atoms with Gasteiger partial charge in [-0.25, -0.2) is 0 Å². The average molecular weight is 208 g/mol. The maximum Gasteiger partial charge on any atom is 0.0856 e. The lowest BCUT2D eigenvalue weighted by Crippen LogP contribution is -2.04. The molecule has 2 rings (SSSR count). The Balaban J connectivity index is 2.18. The number of benzene rings is 2. The predicted molar refractivity (Wildman–Crippen MR) is 66.6 cm³/mol. The molecule has 2 aromatic carbocycles. The van der Waals surface area contributed by atoms with Crippen molar-refractivity contribution in [2.75, 3.05) is 0 Å². The van der Waals surface area contributed by atoms with E-state index in [1.165, 1.54) is 0 Å². The predicted octanol–water partition coefficient (Wildman–Crippen LogP) is 2.62. The van der Waals surface area contributed by atoms with Crippen LogP contribution in [-0.2, 0) is 0 Å². The lowest BCUT2D eigenvalue weighted by Gasteiger charge is -1.87. The molecule has 2 nitrogen and oxygen atoms in total. The minimum Gasteiger partial charge on any atom is -0.158 e. The normalized spacial score (nSPS) is 10.5. The lowest BCUT2D eigenvalue weighted by molar-refractivity contribution is 1.27. The lowest BCUT2D eigenvalue weighted by atomic mass is 10.3. The van der Waals surface area contributed by atoms with Gasteiger partial charge in [-0.1, -0.05) is 49.0 Å². The molecule has 0 aliphatic rings. The molecule has 0 aliphatic carbocycles. The Labute approximate surface area is 94.3 Å². The van der Waals surface area contributed by atoms with Crippen molar-refractivity contribution in [3.8, 4) is 0 Å². The minimum absolute atomic E-state index is 0.854. The largest absolute Gasteiger partial charge is 0.158 e. The molecule has 0 saturated heterocycles. The summed E-state index contributed by atoms with van der Waals surface area (Å²) < 4.78 is 0.